The third-order valence-corrected chi connectivity index (χ3v) is 6.37. The Kier molecular flexibility index (Phi) is 8.84. The molecule has 0 unspecified atom stereocenters. The quantitative estimate of drug-likeness (QED) is 0.218. The van der Waals surface area contributed by atoms with E-state index in [1.807, 2.05) is 25.3 Å². The van der Waals surface area contributed by atoms with Crippen molar-refractivity contribution in [1.29, 1.82) is 0 Å². The van der Waals surface area contributed by atoms with Gasteiger partial charge in [-0.1, -0.05) is 30.9 Å². The molecule has 1 aromatic heterocycles. The van der Waals surface area contributed by atoms with Crippen LogP contribution in [0, 0.1) is 0 Å². The summed E-state index contributed by atoms with van der Waals surface area (Å²) in [6.45, 7) is 6.98. The molecule has 1 aromatic rings. The summed E-state index contributed by atoms with van der Waals surface area (Å²) in [5.74, 6) is 1.11. The molecule has 2 aliphatic rings. The average Bonchev–Trinajstić information content (AvgIpc) is 3.40. The number of nitrogens with zero attached hydrogens (tertiary/aromatic N) is 1. The van der Waals surface area contributed by atoms with Crippen LogP contribution in [-0.2, 0) is 9.53 Å². The highest BCUT2D eigenvalue weighted by atomic mass is 32.1. The van der Waals surface area contributed by atoms with Crippen molar-refractivity contribution >= 4 is 22.4 Å². The van der Waals surface area contributed by atoms with E-state index in [4.69, 9.17) is 15.6 Å². The Labute approximate surface area is 193 Å². The molecule has 1 aliphatic carbocycles. The Morgan fingerprint density at radius 1 is 1.53 bits per heavy atom. The number of allylic oxidation sites excluding steroid dienone is 7. The van der Waals surface area contributed by atoms with Crippen molar-refractivity contribution in [3.8, 4) is 0 Å². The van der Waals surface area contributed by atoms with E-state index < -0.39 is 0 Å². The van der Waals surface area contributed by atoms with Crippen molar-refractivity contribution in [2.24, 2.45) is 5.73 Å². The summed E-state index contributed by atoms with van der Waals surface area (Å²) in [4.78, 5) is 17.3. The monoisotopic (exact) mass is 456 g/mol. The molecule has 0 saturated carbocycles. The molecule has 0 aromatic carbocycles. The molecule has 1 amide bonds. The third kappa shape index (κ3) is 6.91. The summed E-state index contributed by atoms with van der Waals surface area (Å²) in [7, 11) is 0. The maximum absolute atomic E-state index is 11.6. The van der Waals surface area contributed by atoms with Crippen molar-refractivity contribution in [1.82, 2.24) is 10.3 Å². The van der Waals surface area contributed by atoms with Gasteiger partial charge in [0.1, 0.15) is 0 Å². The summed E-state index contributed by atoms with van der Waals surface area (Å²) < 4.78 is 5.51. The van der Waals surface area contributed by atoms with Crippen molar-refractivity contribution in [2.45, 2.75) is 44.6 Å². The molecule has 2 heterocycles. The minimum Gasteiger partial charge on any atom is -0.498 e. The highest BCUT2D eigenvalue weighted by Gasteiger charge is 2.26. The predicted molar refractivity (Wildman–Crippen MR) is 129 cm³/mol. The maximum atomic E-state index is 11.6. The number of carbonyl (C=O) groups excluding carboxylic acids is 1. The lowest BCUT2D eigenvalue weighted by Gasteiger charge is -2.15. The van der Waals surface area contributed by atoms with Crippen molar-refractivity contribution in [3.05, 3.63) is 70.6 Å². The van der Waals surface area contributed by atoms with Gasteiger partial charge < -0.3 is 26.2 Å². The number of anilines is 1. The predicted octanol–water partition coefficient (Wildman–Crippen LogP) is 3.51. The first-order chi connectivity index (χ1) is 15.5. The molecule has 3 rings (SSSR count). The van der Waals surface area contributed by atoms with E-state index >= 15 is 0 Å². The first-order valence-electron chi connectivity index (χ1n) is 10.9. The van der Waals surface area contributed by atoms with Gasteiger partial charge in [0, 0.05) is 48.3 Å². The van der Waals surface area contributed by atoms with Crippen molar-refractivity contribution in [3.63, 3.8) is 0 Å². The minimum atomic E-state index is -0.0894. The fourth-order valence-corrected chi connectivity index (χ4v) is 4.46. The van der Waals surface area contributed by atoms with Crippen LogP contribution in [0.3, 0.4) is 0 Å². The standard InChI is InChI=1S/C24H32N4O3S/c1-3-17(6-5-16(2)31-10-4-9-29)11-20(25)14-26-24-27-15-22(32-24)18-7-8-21-19(12-18)13-23(30)28-21/h3,5-6,8,12,15,18,20,29H,1,4,7,9-11,13-14,25H2,2H3,(H,26,27)(H,28,30)/b16-5+,17-6+/t18-,20+/m1/s1. The zero-order valence-corrected chi connectivity index (χ0v) is 19.3. The van der Waals surface area contributed by atoms with E-state index in [2.05, 4.69) is 34.3 Å². The second kappa shape index (κ2) is 11.8. The smallest absolute Gasteiger partial charge is 0.228 e. The zero-order valence-electron chi connectivity index (χ0n) is 18.5. The number of hydrogen-bond donors (Lipinski definition) is 4. The van der Waals surface area contributed by atoms with Gasteiger partial charge in [-0.15, -0.1) is 11.3 Å². The van der Waals surface area contributed by atoms with Gasteiger partial charge in [0.2, 0.25) is 5.91 Å². The topological polar surface area (TPSA) is 110 Å². The first kappa shape index (κ1) is 24.0. The van der Waals surface area contributed by atoms with Crippen LogP contribution in [-0.4, -0.2) is 41.8 Å². The second-order valence-electron chi connectivity index (χ2n) is 7.94. The molecule has 172 valence electrons. The highest BCUT2D eigenvalue weighted by molar-refractivity contribution is 7.15. The van der Waals surface area contributed by atoms with Gasteiger partial charge in [-0.05, 0) is 37.0 Å². The van der Waals surface area contributed by atoms with Gasteiger partial charge in [0.05, 0.1) is 18.8 Å². The molecule has 0 radical (unpaired) electrons. The summed E-state index contributed by atoms with van der Waals surface area (Å²) in [6.07, 6.45) is 14.5. The Hall–Kier alpha value is -2.68. The van der Waals surface area contributed by atoms with E-state index in [-0.39, 0.29) is 24.5 Å². The number of ether oxygens (including phenoxy) is 1. The van der Waals surface area contributed by atoms with Crippen LogP contribution < -0.4 is 16.4 Å². The van der Waals surface area contributed by atoms with Crippen LogP contribution in [0.4, 0.5) is 5.13 Å². The molecule has 32 heavy (non-hydrogen) atoms. The van der Waals surface area contributed by atoms with Gasteiger partial charge in [0.15, 0.2) is 5.13 Å². The Morgan fingerprint density at radius 3 is 3.16 bits per heavy atom. The molecule has 5 N–H and O–H groups in total. The van der Waals surface area contributed by atoms with Gasteiger partial charge in [-0.2, -0.15) is 0 Å². The number of hydrogen-bond acceptors (Lipinski definition) is 7. The summed E-state index contributed by atoms with van der Waals surface area (Å²) in [5, 5.41) is 15.9. The number of fused-ring (bicyclic) bond motifs is 1. The van der Waals surface area contributed by atoms with Crippen molar-refractivity contribution < 1.29 is 14.6 Å². The molecule has 1 saturated heterocycles. The van der Waals surface area contributed by atoms with Crippen LogP contribution >= 0.6 is 11.3 Å². The number of amides is 1. The van der Waals surface area contributed by atoms with Crippen LogP contribution in [0.5, 0.6) is 0 Å². The molecule has 1 fully saturated rings. The Balaban J connectivity index is 1.48. The molecule has 8 heteroatoms. The fourth-order valence-electron chi connectivity index (χ4n) is 3.55. The van der Waals surface area contributed by atoms with Crippen molar-refractivity contribution in [2.75, 3.05) is 25.1 Å². The first-order valence-corrected chi connectivity index (χ1v) is 11.7. The van der Waals surface area contributed by atoms with E-state index in [1.165, 1.54) is 4.88 Å². The van der Waals surface area contributed by atoms with Gasteiger partial charge in [-0.25, -0.2) is 4.98 Å². The van der Waals surface area contributed by atoms with Gasteiger partial charge in [0.25, 0.3) is 0 Å². The number of nitrogens with one attached hydrogen (secondary N) is 2. The summed E-state index contributed by atoms with van der Waals surface area (Å²) >= 11 is 1.63. The zero-order chi connectivity index (χ0) is 22.9. The minimum absolute atomic E-state index is 0.0663. The fraction of sp³-hybridized carbons (Fsp3) is 0.417. The number of aliphatic hydroxyl groups is 1. The normalized spacial score (nSPS) is 19.6. The lowest BCUT2D eigenvalue weighted by atomic mass is 9.93. The SMILES string of the molecule is C=C/C(=C\C=C(/C)OCCCO)C[C@H](N)CNc1ncc([C@H]2C=C3CC(=O)NC3=CC2)s1. The number of nitrogens with two attached hydrogens (primary N) is 1. The summed E-state index contributed by atoms with van der Waals surface area (Å²) in [5.41, 5.74) is 9.39. The van der Waals surface area contributed by atoms with E-state index in [0.717, 1.165) is 34.2 Å². The number of aliphatic hydroxyl groups excluding tert-OH is 1. The lowest BCUT2D eigenvalue weighted by Crippen LogP contribution is -2.29. The van der Waals surface area contributed by atoms with E-state index in [0.29, 0.717) is 32.4 Å². The number of thiazole rings is 1. The number of carbonyl (C=O) groups is 1. The molecule has 0 spiro atoms. The van der Waals surface area contributed by atoms with Gasteiger partial charge in [-0.3, -0.25) is 4.79 Å². The molecule has 0 bridgehead atoms. The maximum Gasteiger partial charge on any atom is 0.228 e. The second-order valence-corrected chi connectivity index (χ2v) is 9.00. The van der Waals surface area contributed by atoms with Crippen LogP contribution in [0.2, 0.25) is 0 Å². The highest BCUT2D eigenvalue weighted by Crippen LogP contribution is 2.36. The molecule has 2 atom stereocenters. The van der Waals surface area contributed by atoms with Gasteiger partial charge >= 0.3 is 0 Å². The van der Waals surface area contributed by atoms with E-state index in [1.54, 1.807) is 17.4 Å². The average molecular weight is 457 g/mol. The molecular weight excluding hydrogens is 424 g/mol. The molecule has 1 aliphatic heterocycles. The van der Waals surface area contributed by atoms with Crippen LogP contribution in [0.15, 0.2) is 65.8 Å². The Morgan fingerprint density at radius 2 is 2.38 bits per heavy atom. The number of aromatic nitrogens is 1. The number of rotatable bonds is 12. The Bertz CT molecular complexity index is 945. The largest absolute Gasteiger partial charge is 0.498 e. The molecule has 7 nitrogen and oxygen atoms in total. The summed E-state index contributed by atoms with van der Waals surface area (Å²) in [6, 6.07) is -0.0894. The van der Waals surface area contributed by atoms with E-state index in [9.17, 15) is 4.79 Å². The lowest BCUT2D eigenvalue weighted by molar-refractivity contribution is -0.118. The molecular formula is C24H32N4O3S. The van der Waals surface area contributed by atoms with Crippen LogP contribution in [0.1, 0.15) is 43.4 Å². The van der Waals surface area contributed by atoms with Crippen LogP contribution in [0.25, 0.3) is 0 Å². The third-order valence-electron chi connectivity index (χ3n) is 5.28.